The van der Waals surface area contributed by atoms with Crippen molar-refractivity contribution in [3.05, 3.63) is 76.4 Å². The molecule has 2 aliphatic rings. The molecule has 2 aliphatic heterocycles. The first-order valence-electron chi connectivity index (χ1n) is 11.3. The molecule has 0 aliphatic carbocycles. The minimum atomic E-state index is -0.364. The summed E-state index contributed by atoms with van der Waals surface area (Å²) < 4.78 is 0. The number of likely N-dealkylation sites (tertiary alicyclic amines) is 1. The molecule has 8 heteroatoms. The van der Waals surface area contributed by atoms with Crippen LogP contribution in [-0.4, -0.2) is 65.8 Å². The minimum Gasteiger partial charge on any atom is -0.362 e. The Morgan fingerprint density at radius 3 is 2.15 bits per heavy atom. The highest BCUT2D eigenvalue weighted by Gasteiger charge is 2.32. The van der Waals surface area contributed by atoms with E-state index >= 15 is 0 Å². The largest absolute Gasteiger partial charge is 0.362 e. The van der Waals surface area contributed by atoms with Gasteiger partial charge < -0.3 is 14.7 Å². The molecule has 0 spiro atoms. The molecule has 2 aromatic rings. The number of anilines is 1. The van der Waals surface area contributed by atoms with Crippen LogP contribution in [0.1, 0.15) is 18.4 Å². The molecule has 2 heterocycles. The zero-order chi connectivity index (χ0) is 23.2. The van der Waals surface area contributed by atoms with Crippen molar-refractivity contribution in [1.82, 2.24) is 9.80 Å². The van der Waals surface area contributed by atoms with Gasteiger partial charge in [0.1, 0.15) is 5.69 Å². The quantitative estimate of drug-likeness (QED) is 0.398. The normalized spacial score (nSPS) is 17.4. The molecular weight excluding hydrogens is 420 g/mol. The van der Waals surface area contributed by atoms with E-state index in [0.717, 1.165) is 5.56 Å². The van der Waals surface area contributed by atoms with Crippen molar-refractivity contribution >= 4 is 29.3 Å². The molecule has 0 saturated carbocycles. The third-order valence-electron chi connectivity index (χ3n) is 6.38. The number of carbonyl (C=O) groups excluding carboxylic acids is 2. The molecule has 33 heavy (non-hydrogen) atoms. The first kappa shape index (κ1) is 22.5. The van der Waals surface area contributed by atoms with Gasteiger partial charge in [-0.25, -0.2) is 0 Å². The van der Waals surface area contributed by atoms with Crippen LogP contribution >= 0.6 is 0 Å². The van der Waals surface area contributed by atoms with Crippen LogP contribution in [0.15, 0.2) is 60.7 Å². The van der Waals surface area contributed by atoms with E-state index in [1.54, 1.807) is 29.2 Å². The summed E-state index contributed by atoms with van der Waals surface area (Å²) in [7, 11) is 0. The molecule has 0 atom stereocenters. The molecule has 0 unspecified atom stereocenters. The molecule has 0 bridgehead atoms. The maximum absolute atomic E-state index is 13.0. The Balaban J connectivity index is 1.26. The molecule has 2 aromatic carbocycles. The van der Waals surface area contributed by atoms with Crippen LogP contribution < -0.4 is 4.90 Å². The fourth-order valence-corrected chi connectivity index (χ4v) is 4.50. The molecule has 0 radical (unpaired) electrons. The molecular formula is C25H28N4O4. The van der Waals surface area contributed by atoms with Crippen LogP contribution in [0.3, 0.4) is 0 Å². The van der Waals surface area contributed by atoms with Crippen molar-refractivity contribution in [2.24, 2.45) is 5.92 Å². The van der Waals surface area contributed by atoms with Crippen LogP contribution in [0.25, 0.3) is 6.08 Å². The molecule has 2 amide bonds. The smallest absolute Gasteiger partial charge is 0.292 e. The van der Waals surface area contributed by atoms with Gasteiger partial charge in [-0.1, -0.05) is 42.5 Å². The topological polar surface area (TPSA) is 87.0 Å². The zero-order valence-corrected chi connectivity index (χ0v) is 18.5. The maximum atomic E-state index is 13.0. The maximum Gasteiger partial charge on any atom is 0.292 e. The number of nitro benzene ring substituents is 1. The first-order valence-corrected chi connectivity index (χ1v) is 11.3. The van der Waals surface area contributed by atoms with E-state index in [1.807, 2.05) is 46.2 Å². The molecule has 0 N–H and O–H groups in total. The number of piperazine rings is 1. The van der Waals surface area contributed by atoms with Gasteiger partial charge in [0.05, 0.1) is 4.92 Å². The van der Waals surface area contributed by atoms with Crippen LogP contribution in [0.2, 0.25) is 0 Å². The van der Waals surface area contributed by atoms with E-state index in [-0.39, 0.29) is 28.3 Å². The lowest BCUT2D eigenvalue weighted by Gasteiger charge is -2.39. The zero-order valence-electron chi connectivity index (χ0n) is 18.5. The predicted molar refractivity (Wildman–Crippen MR) is 127 cm³/mol. The Labute approximate surface area is 193 Å². The fraction of sp³-hybridized carbons (Fsp3) is 0.360. The van der Waals surface area contributed by atoms with E-state index in [9.17, 15) is 19.7 Å². The van der Waals surface area contributed by atoms with E-state index < -0.39 is 0 Å². The number of amides is 2. The minimum absolute atomic E-state index is 0.0252. The third-order valence-corrected chi connectivity index (χ3v) is 6.38. The second-order valence-electron chi connectivity index (χ2n) is 8.40. The average Bonchev–Trinajstić information content (AvgIpc) is 2.87. The summed E-state index contributed by atoms with van der Waals surface area (Å²) in [6.07, 6.45) is 4.73. The second-order valence-corrected chi connectivity index (χ2v) is 8.40. The number of piperidine rings is 1. The summed E-state index contributed by atoms with van der Waals surface area (Å²) in [5, 5.41) is 11.3. The van der Waals surface area contributed by atoms with Crippen molar-refractivity contribution in [3.8, 4) is 0 Å². The summed E-state index contributed by atoms with van der Waals surface area (Å²) in [6, 6.07) is 16.4. The SMILES string of the molecule is O=C(/C=C/c1ccccc1)N1CCC(C(=O)N2CCN(c3ccccc3[N+](=O)[O-])CC2)CC1. The summed E-state index contributed by atoms with van der Waals surface area (Å²) in [6.45, 7) is 3.37. The van der Waals surface area contributed by atoms with Crippen LogP contribution in [0, 0.1) is 16.0 Å². The van der Waals surface area contributed by atoms with Gasteiger partial charge in [0, 0.05) is 57.3 Å². The van der Waals surface area contributed by atoms with Gasteiger partial charge in [-0.05, 0) is 30.5 Å². The average molecular weight is 449 g/mol. The van der Waals surface area contributed by atoms with Gasteiger partial charge in [0.2, 0.25) is 11.8 Å². The number of carbonyl (C=O) groups is 2. The van der Waals surface area contributed by atoms with Crippen molar-refractivity contribution in [2.75, 3.05) is 44.2 Å². The number of hydrogen-bond donors (Lipinski definition) is 0. The Bertz CT molecular complexity index is 1020. The Morgan fingerprint density at radius 2 is 1.48 bits per heavy atom. The van der Waals surface area contributed by atoms with E-state index in [1.165, 1.54) is 6.07 Å². The van der Waals surface area contributed by atoms with Crippen molar-refractivity contribution in [1.29, 1.82) is 0 Å². The fourth-order valence-electron chi connectivity index (χ4n) is 4.50. The van der Waals surface area contributed by atoms with Gasteiger partial charge in [-0.3, -0.25) is 19.7 Å². The number of hydrogen-bond acceptors (Lipinski definition) is 5. The van der Waals surface area contributed by atoms with Gasteiger partial charge in [-0.15, -0.1) is 0 Å². The van der Waals surface area contributed by atoms with E-state index in [0.29, 0.717) is 57.8 Å². The number of para-hydroxylation sites is 2. The van der Waals surface area contributed by atoms with Gasteiger partial charge in [-0.2, -0.15) is 0 Å². The highest BCUT2D eigenvalue weighted by molar-refractivity contribution is 5.92. The summed E-state index contributed by atoms with van der Waals surface area (Å²) in [5.41, 5.74) is 1.68. The van der Waals surface area contributed by atoms with Crippen LogP contribution in [0.4, 0.5) is 11.4 Å². The monoisotopic (exact) mass is 448 g/mol. The Morgan fingerprint density at radius 1 is 0.848 bits per heavy atom. The highest BCUT2D eigenvalue weighted by Crippen LogP contribution is 2.29. The van der Waals surface area contributed by atoms with Crippen LogP contribution in [0.5, 0.6) is 0 Å². The molecule has 172 valence electrons. The highest BCUT2D eigenvalue weighted by atomic mass is 16.6. The standard InChI is InChI=1S/C25H28N4O4/c30-24(11-10-20-6-2-1-3-7-20)27-14-12-21(13-15-27)25(31)28-18-16-26(17-19-28)22-8-4-5-9-23(22)29(32)33/h1-11,21H,12-19H2/b11-10+. The molecule has 2 saturated heterocycles. The molecule has 4 rings (SSSR count). The number of benzene rings is 2. The molecule has 0 aromatic heterocycles. The second kappa shape index (κ2) is 10.3. The summed E-state index contributed by atoms with van der Waals surface area (Å²) in [5.74, 6) is 0.0247. The van der Waals surface area contributed by atoms with E-state index in [4.69, 9.17) is 0 Å². The van der Waals surface area contributed by atoms with Gasteiger partial charge in [0.25, 0.3) is 5.69 Å². The number of nitrogens with zero attached hydrogens (tertiary/aromatic N) is 4. The van der Waals surface area contributed by atoms with Crippen molar-refractivity contribution < 1.29 is 14.5 Å². The Hall–Kier alpha value is -3.68. The summed E-state index contributed by atoms with van der Waals surface area (Å²) >= 11 is 0. The van der Waals surface area contributed by atoms with Gasteiger partial charge in [0.15, 0.2) is 0 Å². The Kier molecular flexibility index (Phi) is 7.02. The molecule has 8 nitrogen and oxygen atoms in total. The first-order chi connectivity index (χ1) is 16.0. The van der Waals surface area contributed by atoms with Crippen LogP contribution in [-0.2, 0) is 9.59 Å². The van der Waals surface area contributed by atoms with Crippen molar-refractivity contribution in [2.45, 2.75) is 12.8 Å². The lowest BCUT2D eigenvalue weighted by atomic mass is 9.94. The lowest BCUT2D eigenvalue weighted by Crippen LogP contribution is -2.52. The predicted octanol–water partition coefficient (Wildman–Crippen LogP) is 3.20. The number of nitro groups is 1. The van der Waals surface area contributed by atoms with Crippen molar-refractivity contribution in [3.63, 3.8) is 0 Å². The lowest BCUT2D eigenvalue weighted by molar-refractivity contribution is -0.384. The van der Waals surface area contributed by atoms with E-state index in [2.05, 4.69) is 0 Å². The number of rotatable bonds is 5. The molecule has 2 fully saturated rings. The van der Waals surface area contributed by atoms with Gasteiger partial charge >= 0.3 is 0 Å². The summed E-state index contributed by atoms with van der Waals surface area (Å²) in [4.78, 5) is 42.1. The third kappa shape index (κ3) is 5.39.